The highest BCUT2D eigenvalue weighted by atomic mass is 16.1. The summed E-state index contributed by atoms with van der Waals surface area (Å²) in [6.07, 6.45) is 1.75. The second kappa shape index (κ2) is 4.17. The molecule has 0 spiro atoms. The van der Waals surface area contributed by atoms with Gasteiger partial charge in [0.25, 0.3) is 5.91 Å². The molecule has 1 amide bonds. The van der Waals surface area contributed by atoms with Gasteiger partial charge in [-0.1, -0.05) is 36.9 Å². The van der Waals surface area contributed by atoms with Gasteiger partial charge in [0.2, 0.25) is 0 Å². The van der Waals surface area contributed by atoms with E-state index < -0.39 is 5.91 Å². The Morgan fingerprint density at radius 3 is 2.65 bits per heavy atom. The van der Waals surface area contributed by atoms with Crippen molar-refractivity contribution in [3.63, 3.8) is 0 Å². The summed E-state index contributed by atoms with van der Waals surface area (Å²) < 4.78 is 0. The number of nitrogens with one attached hydrogen (secondary N) is 1. The van der Waals surface area contributed by atoms with E-state index in [-0.39, 0.29) is 5.82 Å². The second-order valence-electron chi connectivity index (χ2n) is 3.67. The molecule has 0 unspecified atom stereocenters. The maximum atomic E-state index is 11.1. The van der Waals surface area contributed by atoms with E-state index in [4.69, 9.17) is 11.5 Å². The number of rotatable bonds is 3. The molecular formula is C13H13N3O. The number of nitrogens with two attached hydrogens (primary N) is 2. The number of benzene rings is 1. The molecular weight excluding hydrogens is 214 g/mol. The molecule has 0 aliphatic heterocycles. The fourth-order valence-electron chi connectivity index (χ4n) is 1.74. The third-order valence-corrected chi connectivity index (χ3v) is 2.58. The van der Waals surface area contributed by atoms with Crippen molar-refractivity contribution < 1.29 is 4.79 Å². The molecule has 4 heteroatoms. The van der Waals surface area contributed by atoms with Crippen molar-refractivity contribution in [2.75, 3.05) is 5.73 Å². The van der Waals surface area contributed by atoms with Crippen LogP contribution in [0.3, 0.4) is 0 Å². The number of hydrogen-bond acceptors (Lipinski definition) is 2. The number of hydrogen-bond donors (Lipinski definition) is 3. The maximum absolute atomic E-state index is 11.1. The zero-order chi connectivity index (χ0) is 12.4. The molecule has 1 heterocycles. The molecule has 17 heavy (non-hydrogen) atoms. The summed E-state index contributed by atoms with van der Waals surface area (Å²) in [6, 6.07) is 9.33. The summed E-state index contributed by atoms with van der Waals surface area (Å²) >= 11 is 0. The first-order valence-corrected chi connectivity index (χ1v) is 5.13. The van der Waals surface area contributed by atoms with Crippen LogP contribution in [0.25, 0.3) is 17.3 Å². The average Bonchev–Trinajstić information content (AvgIpc) is 2.71. The highest BCUT2D eigenvalue weighted by Gasteiger charge is 2.12. The molecule has 0 aliphatic carbocycles. The number of aromatic amines is 1. The zero-order valence-electron chi connectivity index (χ0n) is 9.23. The minimum Gasteiger partial charge on any atom is -0.385 e. The molecule has 86 valence electrons. The predicted molar refractivity (Wildman–Crippen MR) is 69.2 cm³/mol. The summed E-state index contributed by atoms with van der Waals surface area (Å²) in [5, 5.41) is 0. The van der Waals surface area contributed by atoms with E-state index in [1.807, 2.05) is 24.3 Å². The smallest absolute Gasteiger partial charge is 0.252 e. The fraction of sp³-hybridized carbons (Fsp3) is 0. The lowest BCUT2D eigenvalue weighted by Crippen LogP contribution is -2.11. The highest BCUT2D eigenvalue weighted by Crippen LogP contribution is 2.26. The minimum absolute atomic E-state index is 0.284. The molecule has 0 aliphatic rings. The van der Waals surface area contributed by atoms with Gasteiger partial charge in [0, 0.05) is 11.3 Å². The van der Waals surface area contributed by atoms with Gasteiger partial charge in [-0.15, -0.1) is 0 Å². The second-order valence-corrected chi connectivity index (χ2v) is 3.67. The summed E-state index contributed by atoms with van der Waals surface area (Å²) in [6.45, 7) is 3.74. The Balaban J connectivity index is 2.57. The van der Waals surface area contributed by atoms with Crippen LogP contribution in [0.5, 0.6) is 0 Å². The van der Waals surface area contributed by atoms with Crippen LogP contribution in [-0.2, 0) is 0 Å². The van der Waals surface area contributed by atoms with Gasteiger partial charge in [-0.25, -0.2) is 0 Å². The summed E-state index contributed by atoms with van der Waals surface area (Å²) in [5.74, 6) is -0.257. The lowest BCUT2D eigenvalue weighted by Gasteiger charge is -2.02. The fourth-order valence-corrected chi connectivity index (χ4v) is 1.74. The summed E-state index contributed by atoms with van der Waals surface area (Å²) in [7, 11) is 0. The third-order valence-electron chi connectivity index (χ3n) is 2.58. The predicted octanol–water partition coefficient (Wildman–Crippen LogP) is 2.01. The molecule has 0 bridgehead atoms. The van der Waals surface area contributed by atoms with Crippen LogP contribution in [0.4, 0.5) is 5.82 Å². The van der Waals surface area contributed by atoms with Crippen LogP contribution in [0, 0.1) is 0 Å². The van der Waals surface area contributed by atoms with Crippen molar-refractivity contribution in [1.82, 2.24) is 4.98 Å². The van der Waals surface area contributed by atoms with Gasteiger partial charge >= 0.3 is 0 Å². The molecule has 0 radical (unpaired) electrons. The molecule has 5 N–H and O–H groups in total. The number of aromatic nitrogens is 1. The minimum atomic E-state index is -0.541. The Labute approximate surface area is 98.9 Å². The number of carbonyl (C=O) groups is 1. The number of nitrogen functional groups attached to an aromatic ring is 1. The zero-order valence-corrected chi connectivity index (χ0v) is 9.23. The molecule has 4 nitrogen and oxygen atoms in total. The van der Waals surface area contributed by atoms with Crippen LogP contribution >= 0.6 is 0 Å². The molecule has 1 aromatic heterocycles. The van der Waals surface area contributed by atoms with E-state index in [1.54, 1.807) is 12.1 Å². The summed E-state index contributed by atoms with van der Waals surface area (Å²) in [5.41, 5.74) is 13.9. The van der Waals surface area contributed by atoms with Crippen molar-refractivity contribution in [1.29, 1.82) is 0 Å². The lowest BCUT2D eigenvalue weighted by molar-refractivity contribution is 0.100. The van der Waals surface area contributed by atoms with Gasteiger partial charge in [0.15, 0.2) is 0 Å². The van der Waals surface area contributed by atoms with E-state index in [2.05, 4.69) is 11.6 Å². The molecule has 0 saturated heterocycles. The summed E-state index contributed by atoms with van der Waals surface area (Å²) in [4.78, 5) is 14.1. The topological polar surface area (TPSA) is 84.9 Å². The first-order valence-electron chi connectivity index (χ1n) is 5.13. The number of amides is 1. The van der Waals surface area contributed by atoms with Crippen molar-refractivity contribution >= 4 is 17.8 Å². The standard InChI is InChI=1S/C13H13N3O/c1-2-8-5-3-4-6-9(8)11-7-10(13(15)17)12(14)16-11/h2-7,16H,1,14H2,(H2,15,17). The highest BCUT2D eigenvalue weighted by molar-refractivity contribution is 5.99. The Morgan fingerprint density at radius 2 is 2.06 bits per heavy atom. The van der Waals surface area contributed by atoms with Crippen LogP contribution in [0.1, 0.15) is 15.9 Å². The first-order chi connectivity index (χ1) is 8.13. The van der Waals surface area contributed by atoms with Gasteiger partial charge in [-0.3, -0.25) is 4.79 Å². The number of primary amides is 1. The van der Waals surface area contributed by atoms with Crippen molar-refractivity contribution in [3.05, 3.63) is 48.0 Å². The van der Waals surface area contributed by atoms with Gasteiger partial charge in [-0.05, 0) is 11.6 Å². The first kappa shape index (κ1) is 11.0. The lowest BCUT2D eigenvalue weighted by atomic mass is 10.0. The van der Waals surface area contributed by atoms with Crippen molar-refractivity contribution in [2.45, 2.75) is 0 Å². The number of anilines is 1. The third kappa shape index (κ3) is 1.92. The largest absolute Gasteiger partial charge is 0.385 e. The molecule has 2 rings (SSSR count). The normalized spacial score (nSPS) is 10.1. The average molecular weight is 227 g/mol. The van der Waals surface area contributed by atoms with E-state index in [1.165, 1.54) is 0 Å². The van der Waals surface area contributed by atoms with Gasteiger partial charge in [0.1, 0.15) is 5.82 Å². The number of carbonyl (C=O) groups excluding carboxylic acids is 1. The number of H-pyrrole nitrogens is 1. The molecule has 0 fully saturated rings. The molecule has 0 saturated carbocycles. The molecule has 1 aromatic carbocycles. The molecule has 0 atom stereocenters. The Bertz CT molecular complexity index is 584. The van der Waals surface area contributed by atoms with Crippen molar-refractivity contribution in [2.24, 2.45) is 5.73 Å². The van der Waals surface area contributed by atoms with E-state index in [0.717, 1.165) is 16.8 Å². The Kier molecular flexibility index (Phi) is 2.70. The van der Waals surface area contributed by atoms with Crippen LogP contribution in [-0.4, -0.2) is 10.9 Å². The van der Waals surface area contributed by atoms with Crippen LogP contribution < -0.4 is 11.5 Å². The van der Waals surface area contributed by atoms with Crippen LogP contribution in [0.2, 0.25) is 0 Å². The van der Waals surface area contributed by atoms with Gasteiger partial charge in [0.05, 0.1) is 5.56 Å². The van der Waals surface area contributed by atoms with E-state index >= 15 is 0 Å². The van der Waals surface area contributed by atoms with Gasteiger partial charge < -0.3 is 16.5 Å². The maximum Gasteiger partial charge on any atom is 0.252 e. The SMILES string of the molecule is C=Cc1ccccc1-c1cc(C(N)=O)c(N)[nH]1. The molecule has 2 aromatic rings. The quantitative estimate of drug-likeness (QED) is 0.749. The van der Waals surface area contributed by atoms with Gasteiger partial charge in [-0.2, -0.15) is 0 Å². The Morgan fingerprint density at radius 1 is 1.35 bits per heavy atom. The van der Waals surface area contributed by atoms with E-state index in [9.17, 15) is 4.79 Å². The van der Waals surface area contributed by atoms with Crippen LogP contribution in [0.15, 0.2) is 36.9 Å². The van der Waals surface area contributed by atoms with E-state index in [0.29, 0.717) is 5.56 Å². The monoisotopic (exact) mass is 227 g/mol. The Hall–Kier alpha value is -2.49. The van der Waals surface area contributed by atoms with Crippen molar-refractivity contribution in [3.8, 4) is 11.3 Å².